The number of amides is 1. The van der Waals surface area contributed by atoms with E-state index in [0.717, 1.165) is 23.7 Å². The number of carbonyl (C=O) groups is 1. The Balaban J connectivity index is 1.51. The molecule has 0 aromatic carbocycles. The van der Waals surface area contributed by atoms with Crippen LogP contribution < -0.4 is 10.6 Å². The van der Waals surface area contributed by atoms with E-state index in [-0.39, 0.29) is 12.5 Å². The van der Waals surface area contributed by atoms with Gasteiger partial charge in [0, 0.05) is 6.04 Å². The standard InChI is InChI=1S/C14H21N3O/c15-1-2-16-13(18)8-17-14-11-4-9-3-10(6-11)7-12(14)5-9/h9-12,14,17H,2-8H2,(H,16,18). The van der Waals surface area contributed by atoms with Gasteiger partial charge in [0.25, 0.3) is 0 Å². The molecule has 0 atom stereocenters. The van der Waals surface area contributed by atoms with E-state index in [1.165, 1.54) is 32.1 Å². The fraction of sp³-hybridized carbons (Fsp3) is 0.857. The van der Waals surface area contributed by atoms with E-state index in [2.05, 4.69) is 10.6 Å². The van der Waals surface area contributed by atoms with Crippen LogP contribution in [0.25, 0.3) is 0 Å². The maximum Gasteiger partial charge on any atom is 0.234 e. The van der Waals surface area contributed by atoms with Crippen LogP contribution >= 0.6 is 0 Å². The van der Waals surface area contributed by atoms with E-state index in [0.29, 0.717) is 12.6 Å². The molecule has 18 heavy (non-hydrogen) atoms. The number of nitrogens with zero attached hydrogens (tertiary/aromatic N) is 1. The summed E-state index contributed by atoms with van der Waals surface area (Å²) in [5.41, 5.74) is 0. The molecule has 0 saturated heterocycles. The highest BCUT2D eigenvalue weighted by Gasteiger charge is 2.47. The quantitative estimate of drug-likeness (QED) is 0.730. The first-order valence-corrected chi connectivity index (χ1v) is 7.13. The van der Waals surface area contributed by atoms with Gasteiger partial charge in [-0.1, -0.05) is 0 Å². The molecule has 1 amide bonds. The van der Waals surface area contributed by atoms with E-state index in [9.17, 15) is 4.79 Å². The Morgan fingerprint density at radius 1 is 1.11 bits per heavy atom. The van der Waals surface area contributed by atoms with Gasteiger partial charge in [0.1, 0.15) is 6.54 Å². The van der Waals surface area contributed by atoms with Gasteiger partial charge in [-0.3, -0.25) is 4.79 Å². The maximum atomic E-state index is 11.5. The number of nitriles is 1. The van der Waals surface area contributed by atoms with Gasteiger partial charge in [0.2, 0.25) is 5.91 Å². The lowest BCUT2D eigenvalue weighted by Crippen LogP contribution is -2.56. The molecule has 98 valence electrons. The van der Waals surface area contributed by atoms with Crippen LogP contribution in [0.4, 0.5) is 0 Å². The molecule has 4 aliphatic rings. The van der Waals surface area contributed by atoms with Crippen molar-refractivity contribution in [2.75, 3.05) is 13.1 Å². The van der Waals surface area contributed by atoms with Crippen molar-refractivity contribution in [1.29, 1.82) is 5.26 Å². The SMILES string of the molecule is N#CCNC(=O)CNC1C2CC3CC(C2)CC1C3. The Kier molecular flexibility index (Phi) is 3.25. The van der Waals surface area contributed by atoms with Crippen LogP contribution in [0.5, 0.6) is 0 Å². The summed E-state index contributed by atoms with van der Waals surface area (Å²) in [6.07, 6.45) is 6.92. The summed E-state index contributed by atoms with van der Waals surface area (Å²) in [5, 5.41) is 14.5. The van der Waals surface area contributed by atoms with Crippen molar-refractivity contribution in [3.05, 3.63) is 0 Å². The zero-order chi connectivity index (χ0) is 12.5. The Morgan fingerprint density at radius 3 is 2.28 bits per heavy atom. The third kappa shape index (κ3) is 2.24. The van der Waals surface area contributed by atoms with Gasteiger partial charge in [-0.25, -0.2) is 0 Å². The molecule has 4 bridgehead atoms. The van der Waals surface area contributed by atoms with Gasteiger partial charge in [-0.15, -0.1) is 0 Å². The summed E-state index contributed by atoms with van der Waals surface area (Å²) in [7, 11) is 0. The molecular formula is C14H21N3O. The van der Waals surface area contributed by atoms with Crippen molar-refractivity contribution in [3.8, 4) is 6.07 Å². The van der Waals surface area contributed by atoms with E-state index in [1.807, 2.05) is 6.07 Å². The van der Waals surface area contributed by atoms with E-state index < -0.39 is 0 Å². The second-order valence-corrected chi connectivity index (χ2v) is 6.27. The van der Waals surface area contributed by atoms with Crippen LogP contribution in [0.1, 0.15) is 32.1 Å². The number of carbonyl (C=O) groups excluding carboxylic acids is 1. The number of nitrogens with one attached hydrogen (secondary N) is 2. The average Bonchev–Trinajstić information content (AvgIpc) is 2.34. The molecule has 0 heterocycles. The third-order valence-corrected chi connectivity index (χ3v) is 5.09. The molecule has 0 aliphatic heterocycles. The van der Waals surface area contributed by atoms with E-state index in [4.69, 9.17) is 5.26 Å². The van der Waals surface area contributed by atoms with Crippen molar-refractivity contribution in [3.63, 3.8) is 0 Å². The lowest BCUT2D eigenvalue weighted by molar-refractivity contribution is -0.120. The van der Waals surface area contributed by atoms with Crippen molar-refractivity contribution in [2.24, 2.45) is 23.7 Å². The van der Waals surface area contributed by atoms with Crippen LogP contribution in [-0.4, -0.2) is 25.0 Å². The molecule has 0 aromatic heterocycles. The number of hydrogen-bond acceptors (Lipinski definition) is 3. The van der Waals surface area contributed by atoms with Gasteiger partial charge >= 0.3 is 0 Å². The minimum Gasteiger partial charge on any atom is -0.342 e. The molecule has 2 N–H and O–H groups in total. The third-order valence-electron chi connectivity index (χ3n) is 5.09. The van der Waals surface area contributed by atoms with Crippen molar-refractivity contribution in [1.82, 2.24) is 10.6 Å². The highest BCUT2D eigenvalue weighted by atomic mass is 16.1. The number of rotatable bonds is 4. The van der Waals surface area contributed by atoms with Gasteiger partial charge in [0.15, 0.2) is 0 Å². The summed E-state index contributed by atoms with van der Waals surface area (Å²) in [5.74, 6) is 3.48. The average molecular weight is 247 g/mol. The molecule has 0 radical (unpaired) electrons. The lowest BCUT2D eigenvalue weighted by Gasteiger charge is -2.54. The zero-order valence-corrected chi connectivity index (χ0v) is 10.7. The van der Waals surface area contributed by atoms with Crippen LogP contribution in [0.3, 0.4) is 0 Å². The van der Waals surface area contributed by atoms with E-state index >= 15 is 0 Å². The first kappa shape index (κ1) is 12.0. The number of hydrogen-bond donors (Lipinski definition) is 2. The first-order valence-electron chi connectivity index (χ1n) is 7.13. The zero-order valence-electron chi connectivity index (χ0n) is 10.7. The van der Waals surface area contributed by atoms with Crippen molar-refractivity contribution in [2.45, 2.75) is 38.1 Å². The summed E-state index contributed by atoms with van der Waals surface area (Å²) in [4.78, 5) is 11.5. The van der Waals surface area contributed by atoms with Gasteiger partial charge in [0.05, 0.1) is 12.6 Å². The monoisotopic (exact) mass is 247 g/mol. The minimum atomic E-state index is -0.0506. The second-order valence-electron chi connectivity index (χ2n) is 6.27. The predicted molar refractivity (Wildman–Crippen MR) is 67.5 cm³/mol. The van der Waals surface area contributed by atoms with Gasteiger partial charge < -0.3 is 10.6 Å². The normalized spacial score (nSPS) is 40.5. The molecule has 4 aliphatic carbocycles. The van der Waals surface area contributed by atoms with Gasteiger partial charge in [-0.05, 0) is 55.8 Å². The summed E-state index contributed by atoms with van der Waals surface area (Å²) < 4.78 is 0. The molecule has 4 heteroatoms. The molecule has 0 spiro atoms. The minimum absolute atomic E-state index is 0.0506. The molecule has 0 unspecified atom stereocenters. The van der Waals surface area contributed by atoms with Crippen molar-refractivity contribution < 1.29 is 4.79 Å². The summed E-state index contributed by atoms with van der Waals surface area (Å²) in [6.45, 7) is 0.483. The van der Waals surface area contributed by atoms with E-state index in [1.54, 1.807) is 0 Å². The first-order chi connectivity index (χ1) is 8.76. The Labute approximate surface area is 108 Å². The highest BCUT2D eigenvalue weighted by molar-refractivity contribution is 5.78. The molecule has 4 rings (SSSR count). The molecular weight excluding hydrogens is 226 g/mol. The fourth-order valence-corrected chi connectivity index (χ4v) is 4.67. The van der Waals surface area contributed by atoms with Crippen molar-refractivity contribution >= 4 is 5.91 Å². The van der Waals surface area contributed by atoms with Crippen LogP contribution in [0.15, 0.2) is 0 Å². The fourth-order valence-electron chi connectivity index (χ4n) is 4.67. The lowest BCUT2D eigenvalue weighted by atomic mass is 9.54. The smallest absolute Gasteiger partial charge is 0.234 e. The second kappa shape index (κ2) is 4.89. The largest absolute Gasteiger partial charge is 0.342 e. The van der Waals surface area contributed by atoms with Gasteiger partial charge in [-0.2, -0.15) is 5.26 Å². The maximum absolute atomic E-state index is 11.5. The van der Waals surface area contributed by atoms with Crippen LogP contribution in [-0.2, 0) is 4.79 Å². The Hall–Kier alpha value is -1.08. The predicted octanol–water partition coefficient (Wildman–Crippen LogP) is 1.04. The molecule has 4 saturated carbocycles. The summed E-state index contributed by atoms with van der Waals surface area (Å²) >= 11 is 0. The van der Waals surface area contributed by atoms with Crippen LogP contribution in [0, 0.1) is 35.0 Å². The Morgan fingerprint density at radius 2 is 1.72 bits per heavy atom. The Bertz CT molecular complexity index is 346. The van der Waals surface area contributed by atoms with Crippen LogP contribution in [0.2, 0.25) is 0 Å². The molecule has 4 nitrogen and oxygen atoms in total. The molecule has 0 aromatic rings. The summed E-state index contributed by atoms with van der Waals surface area (Å²) in [6, 6.07) is 2.48. The molecule has 4 fully saturated rings. The highest BCUT2D eigenvalue weighted by Crippen LogP contribution is 2.53. The topological polar surface area (TPSA) is 64.9 Å².